The first-order valence-electron chi connectivity index (χ1n) is 9.87. The third-order valence-corrected chi connectivity index (χ3v) is 6.70. The number of hydrogen-bond donors (Lipinski definition) is 4. The van der Waals surface area contributed by atoms with E-state index in [0.717, 1.165) is 0 Å². The molecule has 180 valence electrons. The van der Waals surface area contributed by atoms with Crippen molar-refractivity contribution < 1.29 is 38.9 Å². The molecule has 2 heterocycles. The van der Waals surface area contributed by atoms with Crippen molar-refractivity contribution in [3.05, 3.63) is 12.7 Å². The number of Topliss-reactive ketones (excluding diaryl/α,β-unsaturated/α-hetero) is 1. The number of rotatable bonds is 7. The minimum atomic E-state index is -1.42. The van der Waals surface area contributed by atoms with Crippen molar-refractivity contribution in [1.82, 2.24) is 15.8 Å². The molecule has 2 rings (SSSR count). The van der Waals surface area contributed by atoms with Crippen LogP contribution in [0.25, 0.3) is 0 Å². The number of hydrogen-bond acceptors (Lipinski definition) is 8. The zero-order chi connectivity index (χ0) is 25.1. The van der Waals surface area contributed by atoms with E-state index in [4.69, 9.17) is 9.84 Å². The molecule has 0 bridgehead atoms. The van der Waals surface area contributed by atoms with Gasteiger partial charge in [-0.15, -0.1) is 18.3 Å². The molecule has 0 aromatic heterocycles. The van der Waals surface area contributed by atoms with Gasteiger partial charge in [0, 0.05) is 6.42 Å². The number of amides is 2. The summed E-state index contributed by atoms with van der Waals surface area (Å²) in [7, 11) is 0. The van der Waals surface area contributed by atoms with Crippen LogP contribution in [0.4, 0.5) is 4.79 Å². The van der Waals surface area contributed by atoms with Crippen LogP contribution in [0.3, 0.4) is 0 Å². The van der Waals surface area contributed by atoms with Gasteiger partial charge in [-0.3, -0.25) is 19.8 Å². The van der Waals surface area contributed by atoms with Gasteiger partial charge < -0.3 is 19.8 Å². The summed E-state index contributed by atoms with van der Waals surface area (Å²) < 4.78 is 3.82. The van der Waals surface area contributed by atoms with E-state index < -0.39 is 51.1 Å². The Balaban J connectivity index is 0.000000633. The normalized spacial score (nSPS) is 28.4. The van der Waals surface area contributed by atoms with Crippen LogP contribution in [0.15, 0.2) is 12.7 Å². The lowest BCUT2D eigenvalue weighted by Crippen LogP contribution is -2.81. The molecule has 0 unspecified atom stereocenters. The molecular formula is C20H31N3O8S. The molecule has 0 aromatic rings. The Hall–Kier alpha value is -2.60. The lowest BCUT2D eigenvalue weighted by atomic mass is 9.81. The van der Waals surface area contributed by atoms with Crippen LogP contribution in [-0.2, 0) is 23.9 Å². The Morgan fingerprint density at radius 2 is 1.81 bits per heavy atom. The summed E-state index contributed by atoms with van der Waals surface area (Å²) in [6.07, 6.45) is 0.506. The predicted octanol–water partition coefficient (Wildman–Crippen LogP) is 1.39. The summed E-state index contributed by atoms with van der Waals surface area (Å²) in [5, 5.41) is 17.1. The van der Waals surface area contributed by atoms with Crippen LogP contribution in [-0.4, -0.2) is 73.1 Å². The number of aliphatic carboxylic acids is 2. The number of fused-ring (bicyclic) bond motifs is 1. The van der Waals surface area contributed by atoms with Gasteiger partial charge in [0.05, 0.1) is 16.8 Å². The number of carbonyl (C=O) groups excluding carboxylic acids is 3. The molecule has 2 saturated heterocycles. The average molecular weight is 474 g/mol. The van der Waals surface area contributed by atoms with Crippen molar-refractivity contribution in [1.29, 1.82) is 0 Å². The molecule has 11 nitrogen and oxygen atoms in total. The van der Waals surface area contributed by atoms with Crippen molar-refractivity contribution in [3.63, 3.8) is 0 Å². The summed E-state index contributed by atoms with van der Waals surface area (Å²) in [5.41, 5.74) is 2.87. The maximum Gasteiger partial charge on any atom is 0.421 e. The van der Waals surface area contributed by atoms with Gasteiger partial charge in [0.2, 0.25) is 5.91 Å². The molecule has 2 fully saturated rings. The average Bonchev–Trinajstić information content (AvgIpc) is 2.96. The molecule has 4 N–H and O–H groups in total. The number of carboxylic acid groups (broad SMARTS) is 2. The summed E-state index contributed by atoms with van der Waals surface area (Å²) in [5.74, 6) is -2.74. The fourth-order valence-electron chi connectivity index (χ4n) is 3.17. The second kappa shape index (κ2) is 9.90. The summed E-state index contributed by atoms with van der Waals surface area (Å²) in [6, 6.07) is -1.10. The number of thioether (sulfide) groups is 1. The van der Waals surface area contributed by atoms with Gasteiger partial charge in [-0.2, -0.15) is 0 Å². The van der Waals surface area contributed by atoms with Gasteiger partial charge in [-0.05, 0) is 41.5 Å². The molecule has 4 atom stereocenters. The lowest BCUT2D eigenvalue weighted by molar-refractivity contribution is -0.169. The van der Waals surface area contributed by atoms with E-state index in [1.165, 1.54) is 29.7 Å². The Bertz CT molecular complexity index is 811. The van der Waals surface area contributed by atoms with Gasteiger partial charge in [0.1, 0.15) is 17.2 Å². The standard InChI is InChI=1S/C15H21N3O6S.C5H10O2/c1-5-14(4)9(10(20)21)18-11(22)15(7-8(3)19,12(18)25-14)17-16-13(23)24-6-2;1-5(2,3)4(6)7/h5,9,12,17H,1,6-7H2,2-4H3,(H,16,23)(H,20,21);1-3H3,(H,6,7)/t9-,12+,14-,15-;/m0./s1. The van der Waals surface area contributed by atoms with Crippen LogP contribution in [0.2, 0.25) is 0 Å². The van der Waals surface area contributed by atoms with E-state index in [1.807, 2.05) is 0 Å². The Labute approximate surface area is 190 Å². The number of carbonyl (C=O) groups is 5. The number of ether oxygens (including phenoxy) is 1. The Kier molecular flexibility index (Phi) is 8.49. The first-order valence-corrected chi connectivity index (χ1v) is 10.7. The lowest BCUT2D eigenvalue weighted by Gasteiger charge is -2.52. The van der Waals surface area contributed by atoms with Gasteiger partial charge in [0.25, 0.3) is 0 Å². The fourth-order valence-corrected chi connectivity index (χ4v) is 4.87. The van der Waals surface area contributed by atoms with Gasteiger partial charge in [-0.25, -0.2) is 15.0 Å². The molecule has 12 heteroatoms. The topological polar surface area (TPSA) is 162 Å². The highest BCUT2D eigenvalue weighted by Gasteiger charge is 2.72. The van der Waals surface area contributed by atoms with Crippen molar-refractivity contribution >= 4 is 41.5 Å². The van der Waals surface area contributed by atoms with Crippen molar-refractivity contribution in [2.75, 3.05) is 6.61 Å². The maximum atomic E-state index is 12.8. The SMILES string of the molecule is C=C[C@]1(C)S[C@H]2N(C(=O)[C@]2(CC(C)=O)NNC(=O)OCC)[C@H]1C(=O)O.CC(C)(C)C(=O)O. The maximum absolute atomic E-state index is 12.8. The third-order valence-electron chi connectivity index (χ3n) is 4.95. The van der Waals surface area contributed by atoms with E-state index in [2.05, 4.69) is 17.4 Å². The number of nitrogens with zero attached hydrogens (tertiary/aromatic N) is 1. The second-order valence-electron chi connectivity index (χ2n) is 8.69. The van der Waals surface area contributed by atoms with Crippen molar-refractivity contribution in [2.24, 2.45) is 5.41 Å². The minimum Gasteiger partial charge on any atom is -0.481 e. The zero-order valence-electron chi connectivity index (χ0n) is 19.1. The Morgan fingerprint density at radius 1 is 1.28 bits per heavy atom. The quantitative estimate of drug-likeness (QED) is 0.241. The molecular weight excluding hydrogens is 442 g/mol. The van der Waals surface area contributed by atoms with Crippen LogP contribution >= 0.6 is 11.8 Å². The van der Waals surface area contributed by atoms with Crippen LogP contribution < -0.4 is 10.9 Å². The predicted molar refractivity (Wildman–Crippen MR) is 117 cm³/mol. The highest BCUT2D eigenvalue weighted by molar-refractivity contribution is 8.02. The van der Waals surface area contributed by atoms with Crippen molar-refractivity contribution in [3.8, 4) is 0 Å². The number of nitrogens with one attached hydrogen (secondary N) is 2. The van der Waals surface area contributed by atoms with Gasteiger partial charge in [0.15, 0.2) is 5.54 Å². The van der Waals surface area contributed by atoms with Gasteiger partial charge in [-0.1, -0.05) is 6.08 Å². The van der Waals surface area contributed by atoms with Crippen molar-refractivity contribution in [2.45, 2.75) is 69.7 Å². The van der Waals surface area contributed by atoms with E-state index in [-0.39, 0.29) is 18.8 Å². The molecule has 0 aliphatic carbocycles. The van der Waals surface area contributed by atoms with Crippen LogP contribution in [0.5, 0.6) is 0 Å². The number of carboxylic acids is 2. The summed E-state index contributed by atoms with van der Waals surface area (Å²) >= 11 is 1.22. The van der Waals surface area contributed by atoms with E-state index in [1.54, 1.807) is 34.6 Å². The van der Waals surface area contributed by atoms with E-state index >= 15 is 0 Å². The molecule has 0 saturated carbocycles. The first-order chi connectivity index (χ1) is 14.6. The highest BCUT2D eigenvalue weighted by atomic mass is 32.2. The Morgan fingerprint density at radius 3 is 2.19 bits per heavy atom. The molecule has 0 aromatic carbocycles. The molecule has 32 heavy (non-hydrogen) atoms. The fraction of sp³-hybridized carbons (Fsp3) is 0.650. The molecule has 0 spiro atoms. The summed E-state index contributed by atoms with van der Waals surface area (Å²) in [6.45, 7) is 13.4. The summed E-state index contributed by atoms with van der Waals surface area (Å²) in [4.78, 5) is 59.0. The smallest absolute Gasteiger partial charge is 0.421 e. The monoisotopic (exact) mass is 473 g/mol. The number of β-lactam (4-membered cyclic amide) rings is 1. The zero-order valence-corrected chi connectivity index (χ0v) is 19.9. The molecule has 2 amide bonds. The van der Waals surface area contributed by atoms with Gasteiger partial charge >= 0.3 is 18.0 Å². The second-order valence-corrected chi connectivity index (χ2v) is 10.2. The third kappa shape index (κ3) is 5.41. The number of ketones is 1. The largest absolute Gasteiger partial charge is 0.481 e. The molecule has 2 aliphatic rings. The molecule has 0 radical (unpaired) electrons. The minimum absolute atomic E-state index is 0.140. The number of hydrazine groups is 1. The van der Waals surface area contributed by atoms with Crippen LogP contribution in [0.1, 0.15) is 48.0 Å². The van der Waals surface area contributed by atoms with E-state index in [0.29, 0.717) is 0 Å². The first kappa shape index (κ1) is 27.4. The molecule has 2 aliphatic heterocycles. The highest BCUT2D eigenvalue weighted by Crippen LogP contribution is 2.56. The van der Waals surface area contributed by atoms with Crippen LogP contribution in [0, 0.1) is 5.41 Å². The van der Waals surface area contributed by atoms with E-state index in [9.17, 15) is 29.1 Å².